The van der Waals surface area contributed by atoms with Gasteiger partial charge in [0, 0.05) is 13.0 Å². The van der Waals surface area contributed by atoms with Gasteiger partial charge in [-0.25, -0.2) is 0 Å². The molecule has 0 spiro atoms. The van der Waals surface area contributed by atoms with Crippen LogP contribution in [0.25, 0.3) is 0 Å². The first-order valence-corrected chi connectivity index (χ1v) is 6.20. The van der Waals surface area contributed by atoms with Crippen molar-refractivity contribution in [3.05, 3.63) is 23.8 Å². The van der Waals surface area contributed by atoms with E-state index in [0.717, 1.165) is 24.8 Å². The summed E-state index contributed by atoms with van der Waals surface area (Å²) in [7, 11) is 1.55. The number of hydrogen-bond acceptors (Lipinski definition) is 4. The molecule has 0 heterocycles. The van der Waals surface area contributed by atoms with Gasteiger partial charge in [0.05, 0.1) is 7.11 Å². The van der Waals surface area contributed by atoms with E-state index in [4.69, 9.17) is 15.2 Å². The molecule has 0 saturated heterocycles. The van der Waals surface area contributed by atoms with Gasteiger partial charge in [0.25, 0.3) is 0 Å². The highest BCUT2D eigenvalue weighted by Gasteiger charge is 2.11. The first-order chi connectivity index (χ1) is 8.58. The van der Waals surface area contributed by atoms with E-state index >= 15 is 0 Å². The summed E-state index contributed by atoms with van der Waals surface area (Å²) in [6, 6.07) is 5.42. The van der Waals surface area contributed by atoms with Gasteiger partial charge in [-0.3, -0.25) is 4.79 Å². The Morgan fingerprint density at radius 1 is 1.37 bits per heavy atom. The summed E-state index contributed by atoms with van der Waals surface area (Å²) in [5.74, 6) is 0.599. The van der Waals surface area contributed by atoms with Gasteiger partial charge in [-0.1, -0.05) is 25.8 Å². The third kappa shape index (κ3) is 5.49. The number of benzene rings is 1. The summed E-state index contributed by atoms with van der Waals surface area (Å²) in [6.07, 6.45) is 3.15. The molecule has 1 atom stereocenters. The van der Waals surface area contributed by atoms with Crippen molar-refractivity contribution in [1.82, 2.24) is 0 Å². The molecule has 0 bridgehead atoms. The molecule has 0 aliphatic carbocycles. The topological polar surface area (TPSA) is 61.5 Å². The van der Waals surface area contributed by atoms with Crippen molar-refractivity contribution in [2.24, 2.45) is 5.73 Å². The Morgan fingerprint density at radius 2 is 2.05 bits per heavy atom. The largest absolute Gasteiger partial charge is 0.493 e. The molecule has 1 rings (SSSR count). The summed E-state index contributed by atoms with van der Waals surface area (Å²) >= 11 is 0. The van der Waals surface area contributed by atoms with Gasteiger partial charge in [0.2, 0.25) is 0 Å². The average molecular weight is 288 g/mol. The number of methoxy groups -OCH3 is 1. The number of nitrogens with two attached hydrogens (primary N) is 1. The van der Waals surface area contributed by atoms with E-state index < -0.39 is 0 Å². The van der Waals surface area contributed by atoms with Crippen LogP contribution in [0.1, 0.15) is 44.7 Å². The zero-order valence-corrected chi connectivity index (χ0v) is 12.5. The lowest BCUT2D eigenvalue weighted by Gasteiger charge is -2.14. The van der Waals surface area contributed by atoms with Crippen LogP contribution in [0.3, 0.4) is 0 Å². The highest BCUT2D eigenvalue weighted by molar-refractivity contribution is 5.85. The summed E-state index contributed by atoms with van der Waals surface area (Å²) in [5.41, 5.74) is 7.09. The maximum Gasteiger partial charge on any atom is 0.308 e. The van der Waals surface area contributed by atoms with Crippen molar-refractivity contribution < 1.29 is 14.3 Å². The van der Waals surface area contributed by atoms with Gasteiger partial charge in [0.15, 0.2) is 11.5 Å². The van der Waals surface area contributed by atoms with E-state index in [1.54, 1.807) is 13.2 Å². The van der Waals surface area contributed by atoms with Crippen molar-refractivity contribution in [1.29, 1.82) is 0 Å². The van der Waals surface area contributed by atoms with E-state index in [1.165, 1.54) is 6.92 Å². The zero-order chi connectivity index (χ0) is 13.5. The Kier molecular flexibility index (Phi) is 8.19. The fraction of sp³-hybridized carbons (Fsp3) is 0.500. The smallest absolute Gasteiger partial charge is 0.308 e. The minimum atomic E-state index is -0.365. The Morgan fingerprint density at radius 3 is 2.58 bits per heavy atom. The molecule has 0 aliphatic rings. The van der Waals surface area contributed by atoms with Crippen molar-refractivity contribution in [2.45, 2.75) is 39.2 Å². The molecule has 5 heteroatoms. The van der Waals surface area contributed by atoms with Crippen LogP contribution >= 0.6 is 12.4 Å². The Balaban J connectivity index is 0.00000324. The lowest BCUT2D eigenvalue weighted by atomic mass is 10.0. The summed E-state index contributed by atoms with van der Waals surface area (Å²) in [4.78, 5) is 10.9. The van der Waals surface area contributed by atoms with Crippen LogP contribution in [0.2, 0.25) is 0 Å². The van der Waals surface area contributed by atoms with Crippen LogP contribution in [-0.4, -0.2) is 13.1 Å². The highest BCUT2D eigenvalue weighted by atomic mass is 35.5. The third-order valence-corrected chi connectivity index (χ3v) is 2.74. The maximum absolute atomic E-state index is 10.9. The molecular formula is C14H22ClNO3. The lowest BCUT2D eigenvalue weighted by Crippen LogP contribution is -2.11. The SMILES string of the molecule is CCCC[C@H](N)c1ccc(OC(C)=O)c(OC)c1.Cl. The number of carbonyl (C=O) groups is 1. The van der Waals surface area contributed by atoms with Crippen LogP contribution in [-0.2, 0) is 4.79 Å². The van der Waals surface area contributed by atoms with Crippen molar-refractivity contribution in [3.63, 3.8) is 0 Å². The molecule has 0 amide bonds. The first kappa shape index (κ1) is 17.7. The van der Waals surface area contributed by atoms with Crippen LogP contribution in [0.5, 0.6) is 11.5 Å². The molecule has 0 radical (unpaired) electrons. The molecule has 108 valence electrons. The predicted molar refractivity (Wildman–Crippen MR) is 78.0 cm³/mol. The molecule has 1 aromatic carbocycles. The van der Waals surface area contributed by atoms with Gasteiger partial charge in [-0.15, -0.1) is 12.4 Å². The number of esters is 1. The Hall–Kier alpha value is -1.26. The van der Waals surface area contributed by atoms with Crippen molar-refractivity contribution >= 4 is 18.4 Å². The molecule has 0 unspecified atom stereocenters. The number of hydrogen-bond donors (Lipinski definition) is 1. The van der Waals surface area contributed by atoms with E-state index in [1.807, 2.05) is 12.1 Å². The van der Waals surface area contributed by atoms with Crippen LogP contribution in [0.15, 0.2) is 18.2 Å². The standard InChI is InChI=1S/C14H21NO3.ClH/c1-4-5-6-12(15)11-7-8-13(18-10(2)16)14(9-11)17-3;/h7-9,12H,4-6,15H2,1-3H3;1H/t12-;/m0./s1. The third-order valence-electron chi connectivity index (χ3n) is 2.74. The van der Waals surface area contributed by atoms with Gasteiger partial charge in [0.1, 0.15) is 0 Å². The molecular weight excluding hydrogens is 266 g/mol. The Labute approximate surface area is 120 Å². The molecule has 0 aromatic heterocycles. The summed E-state index contributed by atoms with van der Waals surface area (Å²) in [6.45, 7) is 3.50. The average Bonchev–Trinajstić information content (AvgIpc) is 2.35. The summed E-state index contributed by atoms with van der Waals surface area (Å²) < 4.78 is 10.3. The molecule has 1 aromatic rings. The molecule has 0 saturated carbocycles. The molecule has 19 heavy (non-hydrogen) atoms. The minimum Gasteiger partial charge on any atom is -0.493 e. The van der Waals surface area contributed by atoms with Gasteiger partial charge < -0.3 is 15.2 Å². The quantitative estimate of drug-likeness (QED) is 0.644. The van der Waals surface area contributed by atoms with E-state index in [-0.39, 0.29) is 24.4 Å². The fourth-order valence-electron chi connectivity index (χ4n) is 1.74. The molecule has 4 nitrogen and oxygen atoms in total. The first-order valence-electron chi connectivity index (χ1n) is 6.20. The fourth-order valence-corrected chi connectivity index (χ4v) is 1.74. The number of rotatable bonds is 6. The van der Waals surface area contributed by atoms with Crippen LogP contribution < -0.4 is 15.2 Å². The van der Waals surface area contributed by atoms with Gasteiger partial charge >= 0.3 is 5.97 Å². The second-order valence-electron chi connectivity index (χ2n) is 4.25. The number of unbranched alkanes of at least 4 members (excludes halogenated alkanes) is 1. The maximum atomic E-state index is 10.9. The number of halogens is 1. The second kappa shape index (κ2) is 8.77. The zero-order valence-electron chi connectivity index (χ0n) is 11.6. The van der Waals surface area contributed by atoms with Crippen molar-refractivity contribution in [3.8, 4) is 11.5 Å². The van der Waals surface area contributed by atoms with Crippen LogP contribution in [0, 0.1) is 0 Å². The van der Waals surface area contributed by atoms with E-state index in [2.05, 4.69) is 6.92 Å². The number of ether oxygens (including phenoxy) is 2. The second-order valence-corrected chi connectivity index (χ2v) is 4.25. The molecule has 2 N–H and O–H groups in total. The molecule has 0 aliphatic heterocycles. The normalized spacial score (nSPS) is 11.4. The molecule has 0 fully saturated rings. The van der Waals surface area contributed by atoms with Crippen molar-refractivity contribution in [2.75, 3.05) is 7.11 Å². The lowest BCUT2D eigenvalue weighted by molar-refractivity contribution is -0.132. The number of carbonyl (C=O) groups excluding carboxylic acids is 1. The van der Waals surface area contributed by atoms with E-state index in [0.29, 0.717) is 11.5 Å². The monoisotopic (exact) mass is 287 g/mol. The van der Waals surface area contributed by atoms with Gasteiger partial charge in [-0.05, 0) is 24.1 Å². The Bertz CT molecular complexity index is 410. The minimum absolute atomic E-state index is 0. The van der Waals surface area contributed by atoms with Crippen LogP contribution in [0.4, 0.5) is 0 Å². The predicted octanol–water partition coefficient (Wildman–Crippen LogP) is 3.23. The highest BCUT2D eigenvalue weighted by Crippen LogP contribution is 2.31. The van der Waals surface area contributed by atoms with E-state index in [9.17, 15) is 4.79 Å². The summed E-state index contributed by atoms with van der Waals surface area (Å²) in [5, 5.41) is 0. The van der Waals surface area contributed by atoms with Gasteiger partial charge in [-0.2, -0.15) is 0 Å².